The van der Waals surface area contributed by atoms with Gasteiger partial charge in [-0.05, 0) is 12.1 Å². The molecule has 12 heavy (non-hydrogen) atoms. The molecule has 0 aliphatic rings. The maximum absolute atomic E-state index is 10.2. The van der Waals surface area contributed by atoms with Gasteiger partial charge in [-0.25, -0.2) is 4.79 Å². The molecule has 1 rings (SSSR count). The van der Waals surface area contributed by atoms with Crippen molar-refractivity contribution in [2.24, 2.45) is 0 Å². The summed E-state index contributed by atoms with van der Waals surface area (Å²) in [6.45, 7) is 0. The third-order valence-corrected chi connectivity index (χ3v) is 1.44. The van der Waals surface area contributed by atoms with Crippen LogP contribution in [0.1, 0.15) is 0 Å². The van der Waals surface area contributed by atoms with Crippen molar-refractivity contribution in [2.75, 3.05) is 5.32 Å². The fourth-order valence-corrected chi connectivity index (χ4v) is 0.892. The number of nitrogens with one attached hydrogen (secondary N) is 1. The van der Waals surface area contributed by atoms with Crippen LogP contribution in [0, 0.1) is 0 Å². The van der Waals surface area contributed by atoms with Crippen LogP contribution in [0.4, 0.5) is 10.5 Å². The van der Waals surface area contributed by atoms with Crippen molar-refractivity contribution in [2.45, 2.75) is 0 Å². The summed E-state index contributed by atoms with van der Waals surface area (Å²) in [5.41, 5.74) is 0.118. The van der Waals surface area contributed by atoms with Gasteiger partial charge < -0.3 is 10.2 Å². The fraction of sp³-hybridized carbons (Fsp3) is 0. The minimum atomic E-state index is -1.23. The zero-order chi connectivity index (χ0) is 9.14. The molecule has 4 nitrogen and oxygen atoms in total. The zero-order valence-electron chi connectivity index (χ0n) is 5.91. The van der Waals surface area contributed by atoms with Crippen molar-refractivity contribution in [1.29, 1.82) is 0 Å². The molecule has 0 atom stereocenters. The molecule has 0 unspecified atom stereocenters. The minimum Gasteiger partial charge on any atom is -0.506 e. The summed E-state index contributed by atoms with van der Waals surface area (Å²) in [5.74, 6) is -0.190. The van der Waals surface area contributed by atoms with Crippen LogP contribution in [0.25, 0.3) is 0 Å². The molecular formula is C7H6ClNO3. The first-order chi connectivity index (χ1) is 5.59. The highest BCUT2D eigenvalue weighted by molar-refractivity contribution is 6.30. The molecule has 1 aromatic rings. The summed E-state index contributed by atoms with van der Waals surface area (Å²) in [4.78, 5) is 10.2. The molecule has 0 saturated carbocycles. The molecule has 0 aliphatic carbocycles. The lowest BCUT2D eigenvalue weighted by Crippen LogP contribution is -2.06. The Morgan fingerprint density at radius 3 is 2.67 bits per heavy atom. The van der Waals surface area contributed by atoms with E-state index in [0.717, 1.165) is 0 Å². The maximum atomic E-state index is 10.2. The van der Waals surface area contributed by atoms with Gasteiger partial charge in [0.05, 0.1) is 5.69 Å². The van der Waals surface area contributed by atoms with E-state index >= 15 is 0 Å². The maximum Gasteiger partial charge on any atom is 0.409 e. The number of carboxylic acid groups (broad SMARTS) is 1. The van der Waals surface area contributed by atoms with E-state index in [0.29, 0.717) is 5.02 Å². The predicted octanol–water partition coefficient (Wildman–Crippen LogP) is 2.14. The molecule has 0 saturated heterocycles. The van der Waals surface area contributed by atoms with Crippen LogP contribution in [-0.2, 0) is 0 Å². The smallest absolute Gasteiger partial charge is 0.409 e. The first-order valence-corrected chi connectivity index (χ1v) is 3.46. The normalized spacial score (nSPS) is 9.42. The van der Waals surface area contributed by atoms with Gasteiger partial charge in [-0.2, -0.15) is 0 Å². The summed E-state index contributed by atoms with van der Waals surface area (Å²) in [5, 5.41) is 19.8. The number of amides is 1. The summed E-state index contributed by atoms with van der Waals surface area (Å²) in [7, 11) is 0. The topological polar surface area (TPSA) is 69.6 Å². The van der Waals surface area contributed by atoms with Gasteiger partial charge in [0.1, 0.15) is 5.75 Å². The van der Waals surface area contributed by atoms with Crippen LogP contribution in [0.2, 0.25) is 5.02 Å². The van der Waals surface area contributed by atoms with Crippen LogP contribution < -0.4 is 5.32 Å². The van der Waals surface area contributed by atoms with Crippen molar-refractivity contribution < 1.29 is 15.0 Å². The SMILES string of the molecule is O=C(O)Nc1ccc(Cl)cc1O. The number of phenols is 1. The number of aromatic hydroxyl groups is 1. The first kappa shape index (κ1) is 8.67. The number of halogens is 1. The number of benzene rings is 1. The zero-order valence-corrected chi connectivity index (χ0v) is 6.67. The van der Waals surface area contributed by atoms with Gasteiger partial charge in [0.15, 0.2) is 0 Å². The van der Waals surface area contributed by atoms with E-state index in [2.05, 4.69) is 0 Å². The Balaban J connectivity index is 2.93. The van der Waals surface area contributed by atoms with Crippen LogP contribution in [0.5, 0.6) is 5.75 Å². The molecule has 3 N–H and O–H groups in total. The van der Waals surface area contributed by atoms with Gasteiger partial charge >= 0.3 is 6.09 Å². The third kappa shape index (κ3) is 2.03. The lowest BCUT2D eigenvalue weighted by atomic mass is 10.3. The van der Waals surface area contributed by atoms with Crippen LogP contribution in [0.3, 0.4) is 0 Å². The molecule has 0 heterocycles. The average molecular weight is 188 g/mol. The standard InChI is InChI=1S/C7H6ClNO3/c8-4-1-2-5(6(10)3-4)9-7(11)12/h1-3,9-10H,(H,11,12). The van der Waals surface area contributed by atoms with Crippen LogP contribution >= 0.6 is 11.6 Å². The highest BCUT2D eigenvalue weighted by Crippen LogP contribution is 2.26. The third-order valence-electron chi connectivity index (χ3n) is 1.20. The van der Waals surface area contributed by atoms with Gasteiger partial charge in [0.2, 0.25) is 0 Å². The Morgan fingerprint density at radius 2 is 2.17 bits per heavy atom. The van der Waals surface area contributed by atoms with Gasteiger partial charge in [-0.15, -0.1) is 0 Å². The Bertz CT molecular complexity index is 314. The summed E-state index contributed by atoms with van der Waals surface area (Å²) in [6, 6.07) is 4.12. The number of carbonyl (C=O) groups is 1. The molecule has 64 valence electrons. The second-order valence-electron chi connectivity index (χ2n) is 2.09. The number of rotatable bonds is 1. The quantitative estimate of drug-likeness (QED) is 0.590. The molecule has 0 aliphatic heterocycles. The van der Waals surface area contributed by atoms with Crippen molar-refractivity contribution in [1.82, 2.24) is 0 Å². The molecule has 0 fully saturated rings. The molecule has 0 radical (unpaired) electrons. The summed E-state index contributed by atoms with van der Waals surface area (Å²) in [6.07, 6.45) is -1.23. The second kappa shape index (κ2) is 3.32. The molecule has 5 heteroatoms. The molecule has 1 amide bonds. The van der Waals surface area contributed by atoms with Gasteiger partial charge in [0, 0.05) is 11.1 Å². The Hall–Kier alpha value is -1.42. The number of anilines is 1. The van der Waals surface area contributed by atoms with Crippen molar-refractivity contribution >= 4 is 23.4 Å². The van der Waals surface area contributed by atoms with E-state index in [9.17, 15) is 4.79 Å². The van der Waals surface area contributed by atoms with E-state index in [1.54, 1.807) is 0 Å². The highest BCUT2D eigenvalue weighted by atomic mass is 35.5. The number of hydrogen-bond acceptors (Lipinski definition) is 2. The van der Waals surface area contributed by atoms with Crippen LogP contribution in [-0.4, -0.2) is 16.3 Å². The van der Waals surface area contributed by atoms with Crippen LogP contribution in [0.15, 0.2) is 18.2 Å². The Morgan fingerprint density at radius 1 is 1.50 bits per heavy atom. The summed E-state index contributed by atoms with van der Waals surface area (Å²) >= 11 is 5.52. The lowest BCUT2D eigenvalue weighted by molar-refractivity contribution is 0.209. The van der Waals surface area contributed by atoms with E-state index in [4.69, 9.17) is 21.8 Å². The second-order valence-corrected chi connectivity index (χ2v) is 2.53. The molecular weight excluding hydrogens is 182 g/mol. The highest BCUT2D eigenvalue weighted by Gasteiger charge is 2.03. The van der Waals surface area contributed by atoms with Crippen molar-refractivity contribution in [3.05, 3.63) is 23.2 Å². The monoisotopic (exact) mass is 187 g/mol. The molecule has 0 aromatic heterocycles. The molecule has 1 aromatic carbocycles. The number of hydrogen-bond donors (Lipinski definition) is 3. The number of phenolic OH excluding ortho intramolecular Hbond substituents is 1. The Kier molecular flexibility index (Phi) is 2.40. The van der Waals surface area contributed by atoms with Crippen molar-refractivity contribution in [3.8, 4) is 5.75 Å². The fourth-order valence-electron chi connectivity index (χ4n) is 0.726. The summed E-state index contributed by atoms with van der Waals surface area (Å²) < 4.78 is 0. The van der Waals surface area contributed by atoms with Gasteiger partial charge in [-0.1, -0.05) is 11.6 Å². The lowest BCUT2D eigenvalue weighted by Gasteiger charge is -2.02. The van der Waals surface area contributed by atoms with Gasteiger partial charge in [0.25, 0.3) is 0 Å². The molecule has 0 bridgehead atoms. The van der Waals surface area contributed by atoms with E-state index in [-0.39, 0.29) is 11.4 Å². The van der Waals surface area contributed by atoms with E-state index < -0.39 is 6.09 Å². The van der Waals surface area contributed by atoms with Gasteiger partial charge in [-0.3, -0.25) is 5.32 Å². The van der Waals surface area contributed by atoms with Crippen molar-refractivity contribution in [3.63, 3.8) is 0 Å². The average Bonchev–Trinajstić information content (AvgIpc) is 1.94. The minimum absolute atomic E-state index is 0.118. The largest absolute Gasteiger partial charge is 0.506 e. The Labute approximate surface area is 73.4 Å². The van der Waals surface area contributed by atoms with E-state index in [1.807, 2.05) is 5.32 Å². The first-order valence-electron chi connectivity index (χ1n) is 3.08. The predicted molar refractivity (Wildman–Crippen MR) is 44.8 cm³/mol. The molecule has 0 spiro atoms. The van der Waals surface area contributed by atoms with E-state index in [1.165, 1.54) is 18.2 Å².